The predicted molar refractivity (Wildman–Crippen MR) is 68.2 cm³/mol. The van der Waals surface area contributed by atoms with Gasteiger partial charge in [-0.3, -0.25) is 9.59 Å². The van der Waals surface area contributed by atoms with Gasteiger partial charge in [0.05, 0.1) is 12.2 Å². The lowest BCUT2D eigenvalue weighted by atomic mass is 10.1. The molecule has 0 aliphatic carbocycles. The summed E-state index contributed by atoms with van der Waals surface area (Å²) < 4.78 is 5.49. The van der Waals surface area contributed by atoms with E-state index in [2.05, 4.69) is 10.3 Å². The van der Waals surface area contributed by atoms with Gasteiger partial charge in [-0.1, -0.05) is 6.92 Å². The van der Waals surface area contributed by atoms with Crippen molar-refractivity contribution in [3.05, 3.63) is 17.3 Å². The fourth-order valence-corrected chi connectivity index (χ4v) is 2.26. The number of aryl methyl sites for hydroxylation is 2. The minimum absolute atomic E-state index is 0.0973. The molecule has 2 amide bonds. The molecule has 1 aliphatic heterocycles. The molecular formula is C13H19N3O3. The van der Waals surface area contributed by atoms with Gasteiger partial charge in [-0.05, 0) is 27.2 Å². The molecule has 1 fully saturated rings. The number of carbonyl (C=O) groups is 2. The van der Waals surface area contributed by atoms with Crippen molar-refractivity contribution in [2.45, 2.75) is 52.7 Å². The van der Waals surface area contributed by atoms with Crippen molar-refractivity contribution in [1.29, 1.82) is 0 Å². The van der Waals surface area contributed by atoms with Crippen molar-refractivity contribution >= 4 is 11.8 Å². The van der Waals surface area contributed by atoms with Crippen LogP contribution in [0.4, 0.5) is 0 Å². The molecule has 1 N–H and O–H groups in total. The average molecular weight is 265 g/mol. The Labute approximate surface area is 112 Å². The highest BCUT2D eigenvalue weighted by Gasteiger charge is 2.38. The molecule has 1 saturated heterocycles. The summed E-state index contributed by atoms with van der Waals surface area (Å²) in [5.74, 6) is 1.00. The summed E-state index contributed by atoms with van der Waals surface area (Å²) in [4.78, 5) is 29.9. The second-order valence-electron chi connectivity index (χ2n) is 4.87. The number of aromatic nitrogens is 1. The van der Waals surface area contributed by atoms with Gasteiger partial charge in [0.2, 0.25) is 17.7 Å². The Morgan fingerprint density at radius 2 is 2.05 bits per heavy atom. The summed E-state index contributed by atoms with van der Waals surface area (Å²) in [6, 6.07) is -0.941. The van der Waals surface area contributed by atoms with Crippen molar-refractivity contribution in [1.82, 2.24) is 15.2 Å². The van der Waals surface area contributed by atoms with E-state index in [0.29, 0.717) is 12.3 Å². The molecule has 6 nitrogen and oxygen atoms in total. The lowest BCUT2D eigenvalue weighted by Crippen LogP contribution is -2.61. The molecule has 0 bridgehead atoms. The molecule has 1 aromatic heterocycles. The summed E-state index contributed by atoms with van der Waals surface area (Å²) in [6.07, 6.45) is 0.572. The Morgan fingerprint density at radius 3 is 2.58 bits per heavy atom. The largest absolute Gasteiger partial charge is 0.444 e. The normalized spacial score (nSPS) is 23.7. The lowest BCUT2D eigenvalue weighted by Gasteiger charge is -2.36. The monoisotopic (exact) mass is 265 g/mol. The van der Waals surface area contributed by atoms with Gasteiger partial charge in [0.1, 0.15) is 17.8 Å². The van der Waals surface area contributed by atoms with E-state index in [1.54, 1.807) is 11.8 Å². The molecule has 2 heterocycles. The van der Waals surface area contributed by atoms with Crippen molar-refractivity contribution in [2.24, 2.45) is 0 Å². The number of carbonyl (C=O) groups excluding carboxylic acids is 2. The number of nitrogens with one attached hydrogen (secondary N) is 1. The summed E-state index contributed by atoms with van der Waals surface area (Å²) in [5.41, 5.74) is 0.810. The van der Waals surface area contributed by atoms with Crippen molar-refractivity contribution in [3.8, 4) is 0 Å². The molecule has 0 radical (unpaired) electrons. The predicted octanol–water partition coefficient (Wildman–Crippen LogP) is 0.917. The fourth-order valence-electron chi connectivity index (χ4n) is 2.26. The van der Waals surface area contributed by atoms with Crippen LogP contribution in [-0.4, -0.2) is 33.8 Å². The second kappa shape index (κ2) is 5.03. The molecule has 104 valence electrons. The summed E-state index contributed by atoms with van der Waals surface area (Å²) in [5, 5.41) is 2.68. The van der Waals surface area contributed by atoms with E-state index in [4.69, 9.17) is 4.42 Å². The number of oxazole rings is 1. The van der Waals surface area contributed by atoms with Gasteiger partial charge in [0.15, 0.2) is 0 Å². The maximum atomic E-state index is 12.2. The third-order valence-electron chi connectivity index (χ3n) is 3.46. The Bertz CT molecular complexity index is 490. The number of rotatable bonds is 3. The van der Waals surface area contributed by atoms with E-state index in [1.165, 1.54) is 0 Å². The van der Waals surface area contributed by atoms with E-state index in [-0.39, 0.29) is 18.4 Å². The van der Waals surface area contributed by atoms with Gasteiger partial charge in [-0.15, -0.1) is 0 Å². The van der Waals surface area contributed by atoms with Crippen LogP contribution in [0.3, 0.4) is 0 Å². The van der Waals surface area contributed by atoms with Crippen molar-refractivity contribution in [2.75, 3.05) is 0 Å². The molecule has 1 aromatic rings. The number of nitrogens with zero attached hydrogens (tertiary/aromatic N) is 2. The number of hydrogen-bond donors (Lipinski definition) is 1. The minimum atomic E-state index is -0.493. The molecule has 0 spiro atoms. The molecule has 19 heavy (non-hydrogen) atoms. The highest BCUT2D eigenvalue weighted by Crippen LogP contribution is 2.18. The quantitative estimate of drug-likeness (QED) is 0.881. The molecule has 0 saturated carbocycles. The minimum Gasteiger partial charge on any atom is -0.444 e. The van der Waals surface area contributed by atoms with Gasteiger partial charge >= 0.3 is 0 Å². The van der Waals surface area contributed by atoms with Crippen molar-refractivity contribution in [3.63, 3.8) is 0 Å². The van der Waals surface area contributed by atoms with Crippen LogP contribution >= 0.6 is 0 Å². The van der Waals surface area contributed by atoms with Crippen LogP contribution in [0.5, 0.6) is 0 Å². The summed E-state index contributed by atoms with van der Waals surface area (Å²) >= 11 is 0. The Hall–Kier alpha value is -1.85. The van der Waals surface area contributed by atoms with E-state index >= 15 is 0 Å². The number of hydrogen-bond acceptors (Lipinski definition) is 4. The third kappa shape index (κ3) is 2.47. The standard InChI is InChI=1S/C13H19N3O3/c1-5-10-12(17)15-8(3)13(18)16(10)6-11-14-7(2)9(4)19-11/h8,10H,5-6H2,1-4H3,(H,15,17). The first-order valence-electron chi connectivity index (χ1n) is 6.47. The number of amides is 2. The Kier molecular flexibility index (Phi) is 3.59. The highest BCUT2D eigenvalue weighted by molar-refractivity contribution is 5.96. The fraction of sp³-hybridized carbons (Fsp3) is 0.615. The van der Waals surface area contributed by atoms with Gasteiger partial charge in [-0.2, -0.15) is 0 Å². The van der Waals surface area contributed by atoms with E-state index in [9.17, 15) is 9.59 Å². The van der Waals surface area contributed by atoms with Gasteiger partial charge in [-0.25, -0.2) is 4.98 Å². The molecule has 2 unspecified atom stereocenters. The first-order chi connectivity index (χ1) is 8.93. The average Bonchev–Trinajstić information content (AvgIpc) is 2.65. The molecule has 2 rings (SSSR count). The van der Waals surface area contributed by atoms with E-state index in [0.717, 1.165) is 11.5 Å². The van der Waals surface area contributed by atoms with Crippen LogP contribution in [-0.2, 0) is 16.1 Å². The van der Waals surface area contributed by atoms with E-state index in [1.807, 2.05) is 20.8 Å². The molecule has 1 aliphatic rings. The third-order valence-corrected chi connectivity index (χ3v) is 3.46. The number of piperazine rings is 1. The van der Waals surface area contributed by atoms with Crippen molar-refractivity contribution < 1.29 is 14.0 Å². The zero-order valence-electron chi connectivity index (χ0n) is 11.7. The Balaban J connectivity index is 2.23. The maximum absolute atomic E-state index is 12.2. The molecule has 2 atom stereocenters. The summed E-state index contributed by atoms with van der Waals surface area (Å²) in [6.45, 7) is 7.49. The highest BCUT2D eigenvalue weighted by atomic mass is 16.4. The molecule has 0 aromatic carbocycles. The van der Waals surface area contributed by atoms with Crippen LogP contribution < -0.4 is 5.32 Å². The van der Waals surface area contributed by atoms with Gasteiger partial charge in [0, 0.05) is 0 Å². The molecule has 6 heteroatoms. The first kappa shape index (κ1) is 13.6. The van der Waals surface area contributed by atoms with Crippen LogP contribution in [0.25, 0.3) is 0 Å². The maximum Gasteiger partial charge on any atom is 0.246 e. The van der Waals surface area contributed by atoms with Gasteiger partial charge < -0.3 is 14.6 Å². The molecular weight excluding hydrogens is 246 g/mol. The zero-order valence-corrected chi connectivity index (χ0v) is 11.7. The van der Waals surface area contributed by atoms with Crippen LogP contribution in [0.2, 0.25) is 0 Å². The van der Waals surface area contributed by atoms with E-state index < -0.39 is 12.1 Å². The van der Waals surface area contributed by atoms with Crippen LogP contribution in [0.15, 0.2) is 4.42 Å². The van der Waals surface area contributed by atoms with Crippen LogP contribution in [0, 0.1) is 13.8 Å². The zero-order chi connectivity index (χ0) is 14.2. The topological polar surface area (TPSA) is 75.4 Å². The SMILES string of the molecule is CCC1C(=O)NC(C)C(=O)N1Cc1nc(C)c(C)o1. The van der Waals surface area contributed by atoms with Gasteiger partial charge in [0.25, 0.3) is 0 Å². The smallest absolute Gasteiger partial charge is 0.246 e. The van der Waals surface area contributed by atoms with Crippen LogP contribution in [0.1, 0.15) is 37.6 Å². The Morgan fingerprint density at radius 1 is 1.37 bits per heavy atom. The second-order valence-corrected chi connectivity index (χ2v) is 4.87. The lowest BCUT2D eigenvalue weighted by molar-refractivity contribution is -0.150. The first-order valence-corrected chi connectivity index (χ1v) is 6.47. The summed E-state index contributed by atoms with van der Waals surface area (Å²) in [7, 11) is 0.